The highest BCUT2D eigenvalue weighted by Crippen LogP contribution is 2.45. The molecular formula is C21H16O8. The summed E-state index contributed by atoms with van der Waals surface area (Å²) in [4.78, 5) is 12.6. The first kappa shape index (κ1) is 18.5. The van der Waals surface area contributed by atoms with Crippen molar-refractivity contribution >= 4 is 12.2 Å². The lowest BCUT2D eigenvalue weighted by Gasteiger charge is -2.27. The third-order valence-corrected chi connectivity index (χ3v) is 4.49. The largest absolute Gasteiger partial charge is 0.504 e. The second-order valence-electron chi connectivity index (χ2n) is 6.37. The molecule has 0 radical (unpaired) electrons. The van der Waals surface area contributed by atoms with Crippen LogP contribution in [0, 0.1) is 0 Å². The van der Waals surface area contributed by atoms with Gasteiger partial charge in [0.25, 0.3) is 0 Å². The second kappa shape index (κ2) is 6.92. The van der Waals surface area contributed by atoms with Gasteiger partial charge in [-0.15, -0.1) is 0 Å². The first-order chi connectivity index (χ1) is 13.9. The Morgan fingerprint density at radius 2 is 1.66 bits per heavy atom. The van der Waals surface area contributed by atoms with E-state index in [1.54, 1.807) is 12.1 Å². The number of aromatic hydroxyl groups is 4. The molecule has 0 saturated heterocycles. The molecule has 0 unspecified atom stereocenters. The van der Waals surface area contributed by atoms with Crippen LogP contribution in [0.3, 0.4) is 0 Å². The monoisotopic (exact) mass is 396 g/mol. The van der Waals surface area contributed by atoms with Gasteiger partial charge in [-0.2, -0.15) is 0 Å². The highest BCUT2D eigenvalue weighted by molar-refractivity contribution is 5.78. The third-order valence-electron chi connectivity index (χ3n) is 4.49. The molecule has 0 fully saturated rings. The number of ether oxygens (including phenoxy) is 2. The minimum atomic E-state index is -0.892. The minimum Gasteiger partial charge on any atom is -0.504 e. The van der Waals surface area contributed by atoms with E-state index < -0.39 is 11.9 Å². The smallest absolute Gasteiger partial charge is 0.347 e. The van der Waals surface area contributed by atoms with Crippen LogP contribution >= 0.6 is 0 Å². The topological polar surface area (TPSA) is 130 Å². The van der Waals surface area contributed by atoms with Gasteiger partial charge in [0.1, 0.15) is 17.1 Å². The van der Waals surface area contributed by atoms with E-state index in [2.05, 4.69) is 0 Å². The molecule has 0 amide bonds. The Balaban J connectivity index is 1.78. The predicted molar refractivity (Wildman–Crippen MR) is 103 cm³/mol. The molecule has 1 atom stereocenters. The summed E-state index contributed by atoms with van der Waals surface area (Å²) >= 11 is 0. The molecule has 1 aromatic heterocycles. The molecule has 0 aliphatic carbocycles. The summed E-state index contributed by atoms with van der Waals surface area (Å²) in [6.07, 6.45) is 2.19. The van der Waals surface area contributed by atoms with E-state index in [0.29, 0.717) is 16.7 Å². The van der Waals surface area contributed by atoms with Crippen LogP contribution in [-0.2, 0) is 4.74 Å². The molecule has 2 heterocycles. The number of benzene rings is 2. The van der Waals surface area contributed by atoms with Gasteiger partial charge >= 0.3 is 5.63 Å². The van der Waals surface area contributed by atoms with E-state index in [9.17, 15) is 25.2 Å². The van der Waals surface area contributed by atoms with Gasteiger partial charge in [-0.3, -0.25) is 0 Å². The lowest BCUT2D eigenvalue weighted by Crippen LogP contribution is -2.20. The summed E-state index contributed by atoms with van der Waals surface area (Å²) in [6, 6.07) is 8.28. The molecule has 8 heteroatoms. The first-order valence-electron chi connectivity index (χ1n) is 8.51. The average Bonchev–Trinajstić information content (AvgIpc) is 2.69. The van der Waals surface area contributed by atoms with Crippen LogP contribution in [0.15, 0.2) is 45.6 Å². The standard InChI is InChI=1S/C21H16O8/c1-27-21-13-9-17(25)16(24)8-12(13)19-18(29-21)7-11(28-20(19)26)4-2-10-3-5-14(22)15(23)6-10/h2-9,21-25H,1H3/b4-2+/t21-/m1/s1. The maximum absolute atomic E-state index is 12.6. The molecule has 3 aromatic rings. The third kappa shape index (κ3) is 3.26. The summed E-state index contributed by atoms with van der Waals surface area (Å²) in [5.41, 5.74) is 0.688. The molecule has 8 nitrogen and oxygen atoms in total. The van der Waals surface area contributed by atoms with Crippen molar-refractivity contribution < 1.29 is 34.3 Å². The molecule has 0 bridgehead atoms. The zero-order valence-electron chi connectivity index (χ0n) is 15.1. The number of rotatable bonds is 3. The fraction of sp³-hybridized carbons (Fsp3) is 0.0952. The molecule has 1 aliphatic rings. The van der Waals surface area contributed by atoms with E-state index in [1.165, 1.54) is 43.5 Å². The van der Waals surface area contributed by atoms with Gasteiger partial charge in [-0.1, -0.05) is 12.1 Å². The molecule has 1 aliphatic heterocycles. The minimum absolute atomic E-state index is 0.100. The molecule has 4 rings (SSSR count). The fourth-order valence-electron chi connectivity index (χ4n) is 3.09. The van der Waals surface area contributed by atoms with Crippen LogP contribution in [0.5, 0.6) is 28.7 Å². The molecule has 29 heavy (non-hydrogen) atoms. The van der Waals surface area contributed by atoms with Gasteiger partial charge in [0.05, 0.1) is 0 Å². The number of hydrogen-bond donors (Lipinski definition) is 4. The van der Waals surface area contributed by atoms with E-state index in [0.717, 1.165) is 0 Å². The van der Waals surface area contributed by atoms with Crippen LogP contribution in [-0.4, -0.2) is 27.5 Å². The Kier molecular flexibility index (Phi) is 4.40. The quantitative estimate of drug-likeness (QED) is 0.496. The van der Waals surface area contributed by atoms with E-state index in [1.807, 2.05) is 0 Å². The van der Waals surface area contributed by atoms with Crippen molar-refractivity contribution in [3.05, 3.63) is 63.7 Å². The molecule has 0 saturated carbocycles. The average molecular weight is 396 g/mol. The molecular weight excluding hydrogens is 380 g/mol. The van der Waals surface area contributed by atoms with Crippen LogP contribution in [0.4, 0.5) is 0 Å². The van der Waals surface area contributed by atoms with Crippen molar-refractivity contribution in [2.24, 2.45) is 0 Å². The van der Waals surface area contributed by atoms with Crippen molar-refractivity contribution in [3.63, 3.8) is 0 Å². The number of fused-ring (bicyclic) bond motifs is 3. The van der Waals surface area contributed by atoms with E-state index >= 15 is 0 Å². The van der Waals surface area contributed by atoms with Crippen molar-refractivity contribution in [2.75, 3.05) is 7.11 Å². The predicted octanol–water partition coefficient (Wildman–Crippen LogP) is 3.34. The summed E-state index contributed by atoms with van der Waals surface area (Å²) in [5, 5.41) is 38.5. The van der Waals surface area contributed by atoms with Gasteiger partial charge in [-0.25, -0.2) is 4.79 Å². The van der Waals surface area contributed by atoms with Crippen molar-refractivity contribution in [3.8, 4) is 39.9 Å². The highest BCUT2D eigenvalue weighted by Gasteiger charge is 2.31. The van der Waals surface area contributed by atoms with Crippen LogP contribution in [0.1, 0.15) is 23.2 Å². The summed E-state index contributed by atoms with van der Waals surface area (Å²) in [6.45, 7) is 0. The van der Waals surface area contributed by atoms with Crippen LogP contribution in [0.25, 0.3) is 23.3 Å². The summed E-state index contributed by atoms with van der Waals surface area (Å²) in [7, 11) is 1.41. The van der Waals surface area contributed by atoms with Crippen LogP contribution in [0.2, 0.25) is 0 Å². The van der Waals surface area contributed by atoms with Gasteiger partial charge in [0.2, 0.25) is 6.29 Å². The second-order valence-corrected chi connectivity index (χ2v) is 6.37. The lowest BCUT2D eigenvalue weighted by atomic mass is 9.96. The molecule has 2 aromatic carbocycles. The molecule has 148 valence electrons. The number of phenols is 4. The highest BCUT2D eigenvalue weighted by atomic mass is 16.7. The number of methoxy groups -OCH3 is 1. The van der Waals surface area contributed by atoms with Crippen LogP contribution < -0.4 is 10.4 Å². The maximum atomic E-state index is 12.6. The molecule has 4 N–H and O–H groups in total. The SMILES string of the molecule is CO[C@@H]1Oc2cc(/C=C/c3ccc(O)c(O)c3)oc(=O)c2-c2cc(O)c(O)cc21. The number of hydrogen-bond acceptors (Lipinski definition) is 8. The Morgan fingerprint density at radius 1 is 0.931 bits per heavy atom. The fourth-order valence-corrected chi connectivity index (χ4v) is 3.09. The number of phenolic OH excluding ortho intramolecular Hbond substituents is 4. The summed E-state index contributed by atoms with van der Waals surface area (Å²) in [5.74, 6) is -0.887. The van der Waals surface area contributed by atoms with Crippen molar-refractivity contribution in [1.29, 1.82) is 0 Å². The normalized spacial score (nSPS) is 15.0. The van der Waals surface area contributed by atoms with Gasteiger partial charge in [0, 0.05) is 24.3 Å². The van der Waals surface area contributed by atoms with Gasteiger partial charge in [0.15, 0.2) is 23.0 Å². The summed E-state index contributed by atoms with van der Waals surface area (Å²) < 4.78 is 16.3. The van der Waals surface area contributed by atoms with Crippen molar-refractivity contribution in [2.45, 2.75) is 6.29 Å². The van der Waals surface area contributed by atoms with Crippen molar-refractivity contribution in [1.82, 2.24) is 0 Å². The molecule has 0 spiro atoms. The van der Waals surface area contributed by atoms with E-state index in [4.69, 9.17) is 13.9 Å². The Bertz CT molecular complexity index is 1190. The zero-order valence-corrected chi connectivity index (χ0v) is 15.1. The lowest BCUT2D eigenvalue weighted by molar-refractivity contribution is -0.0583. The maximum Gasteiger partial charge on any atom is 0.347 e. The Morgan fingerprint density at radius 3 is 2.38 bits per heavy atom. The zero-order chi connectivity index (χ0) is 20.7. The Labute approximate surface area is 164 Å². The first-order valence-corrected chi connectivity index (χ1v) is 8.51. The van der Waals surface area contributed by atoms with Gasteiger partial charge in [-0.05, 0) is 35.9 Å². The van der Waals surface area contributed by atoms with Gasteiger partial charge < -0.3 is 34.3 Å². The van der Waals surface area contributed by atoms with E-state index in [-0.39, 0.29) is 40.1 Å². The Hall–Kier alpha value is -3.91.